The van der Waals surface area contributed by atoms with Gasteiger partial charge in [-0.2, -0.15) is 0 Å². The van der Waals surface area contributed by atoms with Gasteiger partial charge in [-0.05, 0) is 25.7 Å². The molecule has 2 aliphatic rings. The fourth-order valence-electron chi connectivity index (χ4n) is 2.32. The van der Waals surface area contributed by atoms with Crippen molar-refractivity contribution >= 4 is 11.9 Å². The van der Waals surface area contributed by atoms with Crippen molar-refractivity contribution in [3.8, 4) is 0 Å². The Morgan fingerprint density at radius 2 is 2.25 bits per heavy atom. The standard InChI is InChI=1S/C12H21N3O/c1-3-7-13-11-14-10(16)12(2,15-11)8-9-5-4-6-9/h9H,3-8H2,1-2H3,(H2,13,14,15,16). The van der Waals surface area contributed by atoms with Gasteiger partial charge in [-0.15, -0.1) is 0 Å². The van der Waals surface area contributed by atoms with E-state index in [1.807, 2.05) is 6.92 Å². The molecule has 1 amide bonds. The lowest BCUT2D eigenvalue weighted by Gasteiger charge is -2.32. The second-order valence-electron chi connectivity index (χ2n) is 5.14. The zero-order valence-electron chi connectivity index (χ0n) is 10.2. The lowest BCUT2D eigenvalue weighted by Crippen LogP contribution is -2.46. The minimum atomic E-state index is -0.433. The molecule has 0 radical (unpaired) electrons. The quantitative estimate of drug-likeness (QED) is 0.757. The van der Waals surface area contributed by atoms with Gasteiger partial charge in [-0.25, -0.2) is 0 Å². The molecule has 1 heterocycles. The van der Waals surface area contributed by atoms with Crippen LogP contribution < -0.4 is 10.6 Å². The molecule has 90 valence electrons. The number of aliphatic imine (C=N–C) groups is 1. The van der Waals surface area contributed by atoms with Crippen LogP contribution in [0.5, 0.6) is 0 Å². The number of amides is 1. The summed E-state index contributed by atoms with van der Waals surface area (Å²) in [6.07, 6.45) is 5.79. The molecule has 1 saturated carbocycles. The maximum absolute atomic E-state index is 11.9. The summed E-state index contributed by atoms with van der Waals surface area (Å²) in [6, 6.07) is 0. The van der Waals surface area contributed by atoms with Crippen molar-refractivity contribution < 1.29 is 4.79 Å². The minimum absolute atomic E-state index is 0.0780. The van der Waals surface area contributed by atoms with Gasteiger partial charge in [0.2, 0.25) is 0 Å². The largest absolute Gasteiger partial charge is 0.342 e. The van der Waals surface area contributed by atoms with E-state index in [4.69, 9.17) is 0 Å². The van der Waals surface area contributed by atoms with Gasteiger partial charge < -0.3 is 5.32 Å². The number of carbonyl (C=O) groups is 1. The van der Waals surface area contributed by atoms with Crippen molar-refractivity contribution in [2.75, 3.05) is 6.54 Å². The average Bonchev–Trinajstić information content (AvgIpc) is 2.47. The van der Waals surface area contributed by atoms with Gasteiger partial charge in [0.05, 0.1) is 0 Å². The number of nitrogens with one attached hydrogen (secondary N) is 2. The van der Waals surface area contributed by atoms with Crippen LogP contribution in [0.3, 0.4) is 0 Å². The third-order valence-electron chi connectivity index (χ3n) is 3.54. The van der Waals surface area contributed by atoms with Gasteiger partial charge in [-0.1, -0.05) is 26.2 Å². The van der Waals surface area contributed by atoms with E-state index in [1.165, 1.54) is 19.3 Å². The summed E-state index contributed by atoms with van der Waals surface area (Å²) in [5.74, 6) is 1.46. The summed E-state index contributed by atoms with van der Waals surface area (Å²) in [7, 11) is 0. The van der Waals surface area contributed by atoms with Crippen LogP contribution in [0.4, 0.5) is 0 Å². The first-order chi connectivity index (χ1) is 7.64. The molecular weight excluding hydrogens is 202 g/mol. The molecule has 2 N–H and O–H groups in total. The maximum atomic E-state index is 11.9. The summed E-state index contributed by atoms with van der Waals surface area (Å²) in [6.45, 7) is 4.83. The molecule has 16 heavy (non-hydrogen) atoms. The van der Waals surface area contributed by atoms with Crippen molar-refractivity contribution in [1.82, 2.24) is 10.6 Å². The third kappa shape index (κ3) is 2.20. The number of rotatable bonds is 4. The Hall–Kier alpha value is -1.06. The summed E-state index contributed by atoms with van der Waals surface area (Å²) in [5.41, 5.74) is -0.433. The molecule has 4 heteroatoms. The molecular formula is C12H21N3O. The average molecular weight is 223 g/mol. The van der Waals surface area contributed by atoms with Gasteiger partial charge in [0.15, 0.2) is 5.96 Å². The fraction of sp³-hybridized carbons (Fsp3) is 0.833. The Balaban J connectivity index is 1.96. The molecule has 0 aromatic rings. The molecule has 1 unspecified atom stereocenters. The highest BCUT2D eigenvalue weighted by molar-refractivity contribution is 6.08. The molecule has 0 spiro atoms. The van der Waals surface area contributed by atoms with Crippen molar-refractivity contribution in [3.05, 3.63) is 0 Å². The summed E-state index contributed by atoms with van der Waals surface area (Å²) in [4.78, 5) is 16.2. The lowest BCUT2D eigenvalue weighted by molar-refractivity contribution is -0.124. The monoisotopic (exact) mass is 223 g/mol. The number of carbonyl (C=O) groups excluding carboxylic acids is 1. The second kappa shape index (κ2) is 4.44. The minimum Gasteiger partial charge on any atom is -0.342 e. The molecule has 2 fully saturated rings. The van der Waals surface area contributed by atoms with Crippen LogP contribution in [-0.4, -0.2) is 24.0 Å². The smallest absolute Gasteiger partial charge is 0.252 e. The van der Waals surface area contributed by atoms with E-state index in [-0.39, 0.29) is 5.91 Å². The Morgan fingerprint density at radius 1 is 1.50 bits per heavy atom. The van der Waals surface area contributed by atoms with Crippen LogP contribution in [0.25, 0.3) is 0 Å². The summed E-state index contributed by atoms with van der Waals surface area (Å²) >= 11 is 0. The van der Waals surface area contributed by atoms with Crippen molar-refractivity contribution in [1.29, 1.82) is 0 Å². The first-order valence-electron chi connectivity index (χ1n) is 6.28. The molecule has 0 bridgehead atoms. The van der Waals surface area contributed by atoms with Gasteiger partial charge >= 0.3 is 0 Å². The van der Waals surface area contributed by atoms with E-state index >= 15 is 0 Å². The Bertz CT molecular complexity index is 309. The van der Waals surface area contributed by atoms with Crippen molar-refractivity contribution in [2.24, 2.45) is 10.9 Å². The molecule has 4 nitrogen and oxygen atoms in total. The van der Waals surface area contributed by atoms with E-state index in [9.17, 15) is 4.79 Å². The van der Waals surface area contributed by atoms with Gasteiger partial charge in [0.1, 0.15) is 5.54 Å². The van der Waals surface area contributed by atoms with E-state index in [2.05, 4.69) is 22.5 Å². The zero-order chi connectivity index (χ0) is 11.6. The number of guanidine groups is 1. The maximum Gasteiger partial charge on any atom is 0.252 e. The SMILES string of the molecule is CCCN=C1NC(=O)C(C)(CC2CCC2)N1. The van der Waals surface area contributed by atoms with Crippen LogP contribution in [-0.2, 0) is 4.79 Å². The lowest BCUT2D eigenvalue weighted by atomic mass is 9.76. The van der Waals surface area contributed by atoms with Crippen LogP contribution in [0.1, 0.15) is 46.0 Å². The topological polar surface area (TPSA) is 53.5 Å². The Labute approximate surface area is 96.9 Å². The van der Waals surface area contributed by atoms with Crippen molar-refractivity contribution in [2.45, 2.75) is 51.5 Å². The van der Waals surface area contributed by atoms with Gasteiger partial charge in [0.25, 0.3) is 5.91 Å². The molecule has 0 aromatic heterocycles. The fourth-order valence-corrected chi connectivity index (χ4v) is 2.32. The van der Waals surface area contributed by atoms with Crippen LogP contribution in [0.15, 0.2) is 4.99 Å². The van der Waals surface area contributed by atoms with Gasteiger partial charge in [0, 0.05) is 6.54 Å². The Morgan fingerprint density at radius 3 is 2.81 bits per heavy atom. The highest BCUT2D eigenvalue weighted by atomic mass is 16.2. The summed E-state index contributed by atoms with van der Waals surface area (Å²) < 4.78 is 0. The molecule has 1 saturated heterocycles. The van der Waals surface area contributed by atoms with Gasteiger partial charge in [-0.3, -0.25) is 15.1 Å². The van der Waals surface area contributed by atoms with E-state index in [0.717, 1.165) is 19.4 Å². The van der Waals surface area contributed by atoms with E-state index in [1.54, 1.807) is 0 Å². The van der Waals surface area contributed by atoms with Crippen molar-refractivity contribution in [3.63, 3.8) is 0 Å². The third-order valence-corrected chi connectivity index (χ3v) is 3.54. The predicted octanol–water partition coefficient (Wildman–Crippen LogP) is 1.42. The molecule has 0 aromatic carbocycles. The highest BCUT2D eigenvalue weighted by Crippen LogP contribution is 2.34. The number of nitrogens with zero attached hydrogens (tertiary/aromatic N) is 1. The van der Waals surface area contributed by atoms with Crippen LogP contribution in [0.2, 0.25) is 0 Å². The number of hydrogen-bond donors (Lipinski definition) is 2. The van der Waals surface area contributed by atoms with E-state index < -0.39 is 5.54 Å². The first-order valence-corrected chi connectivity index (χ1v) is 6.28. The zero-order valence-corrected chi connectivity index (χ0v) is 10.2. The normalized spacial score (nSPS) is 32.4. The molecule has 2 rings (SSSR count). The predicted molar refractivity (Wildman–Crippen MR) is 64.2 cm³/mol. The van der Waals surface area contributed by atoms with Crippen LogP contribution >= 0.6 is 0 Å². The Kier molecular flexibility index (Phi) is 3.17. The van der Waals surface area contributed by atoms with E-state index in [0.29, 0.717) is 11.9 Å². The second-order valence-corrected chi connectivity index (χ2v) is 5.14. The molecule has 1 atom stereocenters. The number of hydrogen-bond acceptors (Lipinski definition) is 2. The molecule has 1 aliphatic carbocycles. The van der Waals surface area contributed by atoms with Crippen LogP contribution in [0, 0.1) is 5.92 Å². The summed E-state index contributed by atoms with van der Waals surface area (Å²) in [5, 5.41) is 6.07. The molecule has 1 aliphatic heterocycles. The highest BCUT2D eigenvalue weighted by Gasteiger charge is 2.43. The first kappa shape index (κ1) is 11.4.